The Balaban J connectivity index is 1.57. The second kappa shape index (κ2) is 8.13. The third kappa shape index (κ3) is 4.17. The number of allylic oxidation sites excluding steroid dienone is 1. The SMILES string of the molecule is Cc1ccc2nc(-c3ccc(C)c(N=C/C=C/c4cccc([N+](=O)[O-])c4)c3)oc2c1. The van der Waals surface area contributed by atoms with E-state index < -0.39 is 4.92 Å². The first kappa shape index (κ1) is 19.3. The molecular formula is C24H19N3O3. The molecule has 0 spiro atoms. The Morgan fingerprint density at radius 3 is 2.77 bits per heavy atom. The number of aryl methyl sites for hydroxylation is 2. The van der Waals surface area contributed by atoms with Crippen LogP contribution < -0.4 is 0 Å². The minimum absolute atomic E-state index is 0.0613. The fraction of sp³-hybridized carbons (Fsp3) is 0.0833. The molecule has 0 amide bonds. The minimum atomic E-state index is -0.409. The third-order valence-corrected chi connectivity index (χ3v) is 4.67. The third-order valence-electron chi connectivity index (χ3n) is 4.67. The van der Waals surface area contributed by atoms with Crippen LogP contribution >= 0.6 is 0 Å². The van der Waals surface area contributed by atoms with Crippen LogP contribution in [0.2, 0.25) is 0 Å². The van der Waals surface area contributed by atoms with Crippen molar-refractivity contribution in [3.63, 3.8) is 0 Å². The van der Waals surface area contributed by atoms with Gasteiger partial charge in [-0.15, -0.1) is 0 Å². The Morgan fingerprint density at radius 1 is 1.07 bits per heavy atom. The normalized spacial score (nSPS) is 11.7. The van der Waals surface area contributed by atoms with Crippen molar-refractivity contribution in [2.24, 2.45) is 4.99 Å². The van der Waals surface area contributed by atoms with Crippen LogP contribution in [0.1, 0.15) is 16.7 Å². The van der Waals surface area contributed by atoms with E-state index in [4.69, 9.17) is 4.42 Å². The molecule has 0 aliphatic carbocycles. The number of nitro groups is 1. The van der Waals surface area contributed by atoms with Gasteiger partial charge in [0.15, 0.2) is 5.58 Å². The summed E-state index contributed by atoms with van der Waals surface area (Å²) in [5.41, 5.74) is 6.17. The Kier molecular flexibility index (Phi) is 5.22. The average molecular weight is 397 g/mol. The predicted molar refractivity (Wildman–Crippen MR) is 119 cm³/mol. The number of non-ortho nitro benzene ring substituents is 1. The van der Waals surface area contributed by atoms with Crippen molar-refractivity contribution in [3.8, 4) is 11.5 Å². The summed E-state index contributed by atoms with van der Waals surface area (Å²) in [5.74, 6) is 0.555. The minimum Gasteiger partial charge on any atom is -0.436 e. The predicted octanol–water partition coefficient (Wildman–Crippen LogP) is 6.44. The van der Waals surface area contributed by atoms with Gasteiger partial charge >= 0.3 is 0 Å². The van der Waals surface area contributed by atoms with Crippen LogP contribution in [0, 0.1) is 24.0 Å². The monoisotopic (exact) mass is 397 g/mol. The Bertz CT molecular complexity index is 1300. The molecule has 0 aliphatic rings. The average Bonchev–Trinajstić information content (AvgIpc) is 3.15. The van der Waals surface area contributed by atoms with E-state index in [0.29, 0.717) is 5.89 Å². The van der Waals surface area contributed by atoms with Gasteiger partial charge in [-0.1, -0.05) is 30.3 Å². The maximum Gasteiger partial charge on any atom is 0.270 e. The summed E-state index contributed by atoms with van der Waals surface area (Å²) >= 11 is 0. The molecule has 0 atom stereocenters. The molecule has 0 radical (unpaired) electrons. The Hall–Kier alpha value is -4.06. The molecule has 6 nitrogen and oxygen atoms in total. The number of fused-ring (bicyclic) bond motifs is 1. The maximum atomic E-state index is 10.9. The van der Waals surface area contributed by atoms with Gasteiger partial charge in [-0.25, -0.2) is 4.98 Å². The number of hydrogen-bond donors (Lipinski definition) is 0. The van der Waals surface area contributed by atoms with Gasteiger partial charge in [-0.3, -0.25) is 15.1 Å². The van der Waals surface area contributed by atoms with Gasteiger partial charge in [0.2, 0.25) is 5.89 Å². The van der Waals surface area contributed by atoms with Crippen molar-refractivity contribution < 1.29 is 9.34 Å². The highest BCUT2D eigenvalue weighted by Crippen LogP contribution is 2.29. The van der Waals surface area contributed by atoms with Crippen molar-refractivity contribution in [1.82, 2.24) is 4.98 Å². The zero-order valence-electron chi connectivity index (χ0n) is 16.6. The highest BCUT2D eigenvalue weighted by Gasteiger charge is 2.10. The summed E-state index contributed by atoms with van der Waals surface area (Å²) in [6, 6.07) is 18.2. The second-order valence-corrected chi connectivity index (χ2v) is 6.98. The van der Waals surface area contributed by atoms with Crippen molar-refractivity contribution in [3.05, 3.63) is 93.5 Å². The lowest BCUT2D eigenvalue weighted by Gasteiger charge is -2.02. The number of aliphatic imine (C=N–C) groups is 1. The molecule has 4 aromatic rings. The van der Waals surface area contributed by atoms with E-state index in [1.165, 1.54) is 12.1 Å². The molecule has 4 rings (SSSR count). The molecule has 1 aromatic heterocycles. The number of benzene rings is 3. The highest BCUT2D eigenvalue weighted by molar-refractivity contribution is 5.82. The lowest BCUT2D eigenvalue weighted by Crippen LogP contribution is -1.87. The molecule has 0 unspecified atom stereocenters. The lowest BCUT2D eigenvalue weighted by molar-refractivity contribution is -0.384. The lowest BCUT2D eigenvalue weighted by atomic mass is 10.1. The largest absolute Gasteiger partial charge is 0.436 e. The van der Waals surface area contributed by atoms with E-state index in [0.717, 1.165) is 39.0 Å². The number of aromatic nitrogens is 1. The molecule has 0 saturated heterocycles. The zero-order valence-corrected chi connectivity index (χ0v) is 16.6. The van der Waals surface area contributed by atoms with Crippen LogP contribution in [-0.2, 0) is 0 Å². The first-order chi connectivity index (χ1) is 14.5. The summed E-state index contributed by atoms with van der Waals surface area (Å²) in [6.07, 6.45) is 5.20. The van der Waals surface area contributed by atoms with E-state index in [2.05, 4.69) is 9.98 Å². The van der Waals surface area contributed by atoms with Crippen molar-refractivity contribution in [2.75, 3.05) is 0 Å². The van der Waals surface area contributed by atoms with Crippen molar-refractivity contribution >= 4 is 34.8 Å². The number of rotatable bonds is 5. The Morgan fingerprint density at radius 2 is 1.93 bits per heavy atom. The van der Waals surface area contributed by atoms with Gasteiger partial charge in [-0.05, 0) is 60.9 Å². The summed E-state index contributed by atoms with van der Waals surface area (Å²) in [5, 5.41) is 10.9. The smallest absolute Gasteiger partial charge is 0.270 e. The molecule has 148 valence electrons. The van der Waals surface area contributed by atoms with Gasteiger partial charge in [0.1, 0.15) is 5.52 Å². The zero-order chi connectivity index (χ0) is 21.1. The second-order valence-electron chi connectivity index (χ2n) is 6.98. The number of oxazole rings is 1. The van der Waals surface area contributed by atoms with Crippen LogP contribution in [0.15, 0.2) is 76.1 Å². The van der Waals surface area contributed by atoms with Gasteiger partial charge < -0.3 is 4.42 Å². The van der Waals surface area contributed by atoms with Crippen LogP contribution in [0.5, 0.6) is 0 Å². The van der Waals surface area contributed by atoms with E-state index in [1.54, 1.807) is 30.5 Å². The molecule has 1 heterocycles. The molecule has 0 fully saturated rings. The van der Waals surface area contributed by atoms with E-state index in [9.17, 15) is 10.1 Å². The maximum absolute atomic E-state index is 10.9. The number of nitro benzene ring substituents is 1. The van der Waals surface area contributed by atoms with Crippen molar-refractivity contribution in [2.45, 2.75) is 13.8 Å². The molecule has 0 aliphatic heterocycles. The highest BCUT2D eigenvalue weighted by atomic mass is 16.6. The van der Waals surface area contributed by atoms with Gasteiger partial charge in [0.05, 0.1) is 10.6 Å². The standard InChI is InChI=1S/C24H19N3O3/c1-16-8-11-21-23(13-16)30-24(26-21)19-10-9-17(2)22(15-19)25-12-4-6-18-5-3-7-20(14-18)27(28)29/h3-15H,1-2H3/b6-4+,25-12?. The van der Waals surface area contributed by atoms with Gasteiger partial charge in [-0.2, -0.15) is 0 Å². The summed E-state index contributed by atoms with van der Waals surface area (Å²) in [7, 11) is 0. The Labute approximate surface area is 173 Å². The topological polar surface area (TPSA) is 81.5 Å². The van der Waals surface area contributed by atoms with Gasteiger partial charge in [0, 0.05) is 23.9 Å². The first-order valence-electron chi connectivity index (χ1n) is 9.43. The van der Waals surface area contributed by atoms with Crippen LogP contribution in [0.4, 0.5) is 11.4 Å². The molecular weight excluding hydrogens is 378 g/mol. The fourth-order valence-electron chi connectivity index (χ4n) is 3.06. The molecule has 3 aromatic carbocycles. The van der Waals surface area contributed by atoms with Gasteiger partial charge in [0.25, 0.3) is 5.69 Å². The van der Waals surface area contributed by atoms with E-state index in [-0.39, 0.29) is 5.69 Å². The molecule has 0 bridgehead atoms. The molecule has 30 heavy (non-hydrogen) atoms. The van der Waals surface area contributed by atoms with E-state index in [1.807, 2.05) is 50.2 Å². The quantitative estimate of drug-likeness (QED) is 0.220. The van der Waals surface area contributed by atoms with Crippen LogP contribution in [-0.4, -0.2) is 16.1 Å². The molecule has 0 N–H and O–H groups in total. The summed E-state index contributed by atoms with van der Waals surface area (Å²) in [4.78, 5) is 19.5. The number of hydrogen-bond acceptors (Lipinski definition) is 5. The molecule has 6 heteroatoms. The summed E-state index contributed by atoms with van der Waals surface area (Å²) in [6.45, 7) is 4.00. The molecule has 0 saturated carbocycles. The first-order valence-corrected chi connectivity index (χ1v) is 9.43. The van der Waals surface area contributed by atoms with E-state index >= 15 is 0 Å². The number of nitrogens with zero attached hydrogens (tertiary/aromatic N) is 3. The van der Waals surface area contributed by atoms with Crippen LogP contribution in [0.3, 0.4) is 0 Å². The van der Waals surface area contributed by atoms with Crippen LogP contribution in [0.25, 0.3) is 28.6 Å². The summed E-state index contributed by atoms with van der Waals surface area (Å²) < 4.78 is 5.91. The fourth-order valence-corrected chi connectivity index (χ4v) is 3.06. The van der Waals surface area contributed by atoms with Crippen molar-refractivity contribution in [1.29, 1.82) is 0 Å².